The summed E-state index contributed by atoms with van der Waals surface area (Å²) in [4.78, 5) is 0. The fourth-order valence-corrected chi connectivity index (χ4v) is 1.66. The highest BCUT2D eigenvalue weighted by atomic mass is 35.5. The quantitative estimate of drug-likeness (QED) is 0.390. The van der Waals surface area contributed by atoms with E-state index >= 15 is 0 Å². The Balaban J connectivity index is 2.58. The molecule has 0 aromatic rings. The van der Waals surface area contributed by atoms with Gasteiger partial charge in [0.25, 0.3) is 0 Å². The minimum atomic E-state index is 0.573. The van der Waals surface area contributed by atoms with E-state index in [0.717, 1.165) is 0 Å². The van der Waals surface area contributed by atoms with E-state index in [4.69, 9.17) is 11.6 Å². The minimum absolute atomic E-state index is 0.573. The number of hydrogen-bond donors (Lipinski definition) is 0. The summed E-state index contributed by atoms with van der Waals surface area (Å²) in [5.74, 6) is 0. The van der Waals surface area contributed by atoms with Gasteiger partial charge in [0.2, 0.25) is 0 Å². The molecule has 0 N–H and O–H groups in total. The van der Waals surface area contributed by atoms with E-state index < -0.39 is 0 Å². The molecule has 4 heteroatoms. The maximum absolute atomic E-state index is 5.45. The van der Waals surface area contributed by atoms with E-state index in [-0.39, 0.29) is 0 Å². The van der Waals surface area contributed by atoms with Crippen molar-refractivity contribution in [2.45, 2.75) is 0 Å². The lowest BCUT2D eigenvalue weighted by molar-refractivity contribution is 1.97. The van der Waals surface area contributed by atoms with Crippen LogP contribution in [0.3, 0.4) is 0 Å². The molecule has 0 radical (unpaired) electrons. The summed E-state index contributed by atoms with van der Waals surface area (Å²) in [6.45, 7) is 0. The Bertz CT molecular complexity index is 120. The van der Waals surface area contributed by atoms with Crippen molar-refractivity contribution >= 4 is 38.5 Å². The Morgan fingerprint density at radius 2 is 2.57 bits per heavy atom. The SMILES string of the molecule is ClC1=NSSC=C1. The van der Waals surface area contributed by atoms with Crippen molar-refractivity contribution < 1.29 is 0 Å². The lowest BCUT2D eigenvalue weighted by Crippen LogP contribution is -1.76. The molecule has 0 aliphatic carbocycles. The van der Waals surface area contributed by atoms with Crippen LogP contribution >= 0.6 is 33.4 Å². The lowest BCUT2D eigenvalue weighted by Gasteiger charge is -1.92. The van der Waals surface area contributed by atoms with Gasteiger partial charge in [0, 0.05) is 11.0 Å². The van der Waals surface area contributed by atoms with Gasteiger partial charge in [-0.25, -0.2) is 0 Å². The third kappa shape index (κ3) is 1.76. The molecule has 0 unspecified atom stereocenters. The van der Waals surface area contributed by atoms with Gasteiger partial charge < -0.3 is 0 Å². The third-order valence-corrected chi connectivity index (χ3v) is 2.16. The first-order valence-electron chi connectivity index (χ1n) is 1.62. The zero-order chi connectivity index (χ0) is 5.11. The van der Waals surface area contributed by atoms with Gasteiger partial charge in [-0.05, 0) is 22.3 Å². The summed E-state index contributed by atoms with van der Waals surface area (Å²) in [5.41, 5.74) is 0. The Hall–Kier alpha value is 0.400. The summed E-state index contributed by atoms with van der Waals surface area (Å²) >= 11 is 5.45. The number of allylic oxidation sites excluding steroid dienone is 1. The maximum atomic E-state index is 5.45. The molecule has 0 atom stereocenters. The summed E-state index contributed by atoms with van der Waals surface area (Å²) in [7, 11) is 2.95. The van der Waals surface area contributed by atoms with Crippen molar-refractivity contribution in [3.63, 3.8) is 0 Å². The maximum Gasteiger partial charge on any atom is 0.138 e. The highest BCUT2D eigenvalue weighted by Gasteiger charge is 1.91. The lowest BCUT2D eigenvalue weighted by atomic mass is 10.7. The van der Waals surface area contributed by atoms with Crippen LogP contribution in [0.25, 0.3) is 0 Å². The molecular weight excluding hydrogens is 150 g/mol. The van der Waals surface area contributed by atoms with Gasteiger partial charge in [-0.2, -0.15) is 4.40 Å². The van der Waals surface area contributed by atoms with E-state index in [0.29, 0.717) is 5.17 Å². The van der Waals surface area contributed by atoms with E-state index in [1.54, 1.807) is 16.9 Å². The molecule has 1 aliphatic rings. The fourth-order valence-electron chi connectivity index (χ4n) is 0.196. The van der Waals surface area contributed by atoms with Crippen molar-refractivity contribution in [1.82, 2.24) is 0 Å². The van der Waals surface area contributed by atoms with Gasteiger partial charge in [-0.15, -0.1) is 0 Å². The first kappa shape index (κ1) is 5.54. The van der Waals surface area contributed by atoms with Crippen molar-refractivity contribution in [2.24, 2.45) is 4.40 Å². The van der Waals surface area contributed by atoms with E-state index in [1.165, 1.54) is 11.0 Å². The number of halogens is 1. The predicted molar refractivity (Wildman–Crippen MR) is 37.6 cm³/mol. The summed E-state index contributed by atoms with van der Waals surface area (Å²) < 4.78 is 3.80. The number of hydrogen-bond acceptors (Lipinski definition) is 3. The monoisotopic (exact) mass is 151 g/mol. The van der Waals surface area contributed by atoms with E-state index in [2.05, 4.69) is 4.40 Å². The van der Waals surface area contributed by atoms with Gasteiger partial charge in [-0.3, -0.25) is 0 Å². The van der Waals surface area contributed by atoms with Crippen LogP contribution in [0.15, 0.2) is 15.9 Å². The average Bonchev–Trinajstić information content (AvgIpc) is 1.69. The Morgan fingerprint density at radius 1 is 1.71 bits per heavy atom. The van der Waals surface area contributed by atoms with Crippen molar-refractivity contribution in [1.29, 1.82) is 0 Å². The predicted octanol–water partition coefficient (Wildman–Crippen LogP) is 2.45. The van der Waals surface area contributed by atoms with Crippen molar-refractivity contribution in [3.8, 4) is 0 Å². The molecule has 0 fully saturated rings. The first-order valence-corrected chi connectivity index (χ1v) is 4.17. The molecule has 1 heterocycles. The summed E-state index contributed by atoms with van der Waals surface area (Å²) in [6, 6.07) is 0. The first-order chi connectivity index (χ1) is 3.39. The Morgan fingerprint density at radius 3 is 2.86 bits per heavy atom. The normalized spacial score (nSPS) is 19.3. The van der Waals surface area contributed by atoms with E-state index in [1.807, 2.05) is 5.41 Å². The van der Waals surface area contributed by atoms with Crippen LogP contribution in [-0.2, 0) is 0 Å². The molecule has 0 amide bonds. The fraction of sp³-hybridized carbons (Fsp3) is 0. The van der Waals surface area contributed by atoms with Crippen LogP contribution < -0.4 is 0 Å². The van der Waals surface area contributed by atoms with Crippen molar-refractivity contribution in [2.75, 3.05) is 0 Å². The minimum Gasteiger partial charge on any atom is -0.192 e. The molecule has 0 saturated carbocycles. The summed E-state index contributed by atoms with van der Waals surface area (Å²) in [5, 5.41) is 2.48. The molecular formula is C3H2ClNS2. The molecule has 0 aromatic heterocycles. The zero-order valence-corrected chi connectivity index (χ0v) is 5.69. The molecule has 7 heavy (non-hydrogen) atoms. The average molecular weight is 152 g/mol. The van der Waals surface area contributed by atoms with Gasteiger partial charge in [0.15, 0.2) is 0 Å². The number of rotatable bonds is 0. The number of nitrogens with zero attached hydrogens (tertiary/aromatic N) is 1. The molecule has 0 spiro atoms. The Labute approximate surface area is 54.8 Å². The van der Waals surface area contributed by atoms with Crippen LogP contribution in [0.5, 0.6) is 0 Å². The molecule has 0 bridgehead atoms. The van der Waals surface area contributed by atoms with Crippen LogP contribution in [0.1, 0.15) is 0 Å². The Kier molecular flexibility index (Phi) is 2.09. The molecule has 1 nitrogen and oxygen atoms in total. The van der Waals surface area contributed by atoms with Crippen molar-refractivity contribution in [3.05, 3.63) is 11.5 Å². The molecule has 0 aromatic carbocycles. The van der Waals surface area contributed by atoms with Crippen LogP contribution in [0, 0.1) is 0 Å². The van der Waals surface area contributed by atoms with Crippen LogP contribution in [0.2, 0.25) is 0 Å². The van der Waals surface area contributed by atoms with Gasteiger partial charge in [-0.1, -0.05) is 11.6 Å². The van der Waals surface area contributed by atoms with Crippen LogP contribution in [0.4, 0.5) is 0 Å². The van der Waals surface area contributed by atoms with E-state index in [9.17, 15) is 0 Å². The van der Waals surface area contributed by atoms with Gasteiger partial charge in [0.05, 0.1) is 0 Å². The third-order valence-electron chi connectivity index (χ3n) is 0.429. The van der Waals surface area contributed by atoms with Crippen LogP contribution in [-0.4, -0.2) is 5.17 Å². The zero-order valence-electron chi connectivity index (χ0n) is 3.30. The highest BCUT2D eigenvalue weighted by Crippen LogP contribution is 2.27. The summed E-state index contributed by atoms with van der Waals surface area (Å²) in [6.07, 6.45) is 1.77. The molecule has 1 aliphatic heterocycles. The largest absolute Gasteiger partial charge is 0.192 e. The second-order valence-corrected chi connectivity index (χ2v) is 3.10. The van der Waals surface area contributed by atoms with Gasteiger partial charge in [0.1, 0.15) is 5.17 Å². The molecule has 1 rings (SSSR count). The topological polar surface area (TPSA) is 12.4 Å². The standard InChI is InChI=1S/C3H2ClNS2/c4-3-1-2-6-7-5-3/h1-2H. The molecule has 0 saturated heterocycles. The molecule has 38 valence electrons. The smallest absolute Gasteiger partial charge is 0.138 e. The highest BCUT2D eigenvalue weighted by molar-refractivity contribution is 8.77. The second-order valence-electron chi connectivity index (χ2n) is 0.888. The second kappa shape index (κ2) is 2.64. The van der Waals surface area contributed by atoms with Gasteiger partial charge >= 0.3 is 0 Å².